The van der Waals surface area contributed by atoms with Crippen LogP contribution in [0.5, 0.6) is 0 Å². The molecule has 0 fully saturated rings. The molecule has 3 heteroatoms. The molecule has 94 valence electrons. The van der Waals surface area contributed by atoms with Gasteiger partial charge >= 0.3 is 5.97 Å². The minimum atomic E-state index is -0.125. The molecule has 0 bridgehead atoms. The topological polar surface area (TPSA) is 38.3 Å². The molecule has 1 N–H and O–H groups in total. The summed E-state index contributed by atoms with van der Waals surface area (Å²) in [4.78, 5) is 11.4. The fourth-order valence-corrected chi connectivity index (χ4v) is 1.76. The second kappa shape index (κ2) is 7.85. The molecular formula is C14H21NO2. The highest BCUT2D eigenvalue weighted by molar-refractivity contribution is 5.70. The molecule has 1 rings (SSSR count). The van der Waals surface area contributed by atoms with E-state index in [1.165, 1.54) is 5.56 Å². The van der Waals surface area contributed by atoms with Gasteiger partial charge in [0, 0.05) is 6.04 Å². The fourth-order valence-electron chi connectivity index (χ4n) is 1.76. The molecule has 3 nitrogen and oxygen atoms in total. The summed E-state index contributed by atoms with van der Waals surface area (Å²) in [5, 5.41) is 3.16. The van der Waals surface area contributed by atoms with Gasteiger partial charge in [0.2, 0.25) is 0 Å². The Kier molecular flexibility index (Phi) is 6.33. The first-order valence-electron chi connectivity index (χ1n) is 6.13. The van der Waals surface area contributed by atoms with Crippen molar-refractivity contribution in [3.63, 3.8) is 0 Å². The van der Waals surface area contributed by atoms with Crippen molar-refractivity contribution in [2.45, 2.75) is 32.2 Å². The van der Waals surface area contributed by atoms with Gasteiger partial charge in [0.15, 0.2) is 0 Å². The van der Waals surface area contributed by atoms with E-state index in [4.69, 9.17) is 4.74 Å². The number of carbonyl (C=O) groups is 1. The smallest absolute Gasteiger partial charge is 0.307 e. The van der Waals surface area contributed by atoms with Gasteiger partial charge in [-0.1, -0.05) is 30.3 Å². The maximum absolute atomic E-state index is 11.4. The van der Waals surface area contributed by atoms with Crippen LogP contribution in [0.25, 0.3) is 0 Å². The molecule has 0 aromatic heterocycles. The van der Waals surface area contributed by atoms with Crippen LogP contribution in [-0.2, 0) is 16.0 Å². The summed E-state index contributed by atoms with van der Waals surface area (Å²) in [6.45, 7) is 2.28. The van der Waals surface area contributed by atoms with E-state index < -0.39 is 0 Å². The fraction of sp³-hybridized carbons (Fsp3) is 0.500. The highest BCUT2D eigenvalue weighted by Gasteiger charge is 2.12. The predicted octanol–water partition coefficient (Wildman–Crippen LogP) is 2.16. The predicted molar refractivity (Wildman–Crippen MR) is 68.9 cm³/mol. The Morgan fingerprint density at radius 1 is 1.35 bits per heavy atom. The van der Waals surface area contributed by atoms with E-state index in [2.05, 4.69) is 17.4 Å². The molecule has 0 amide bonds. The van der Waals surface area contributed by atoms with E-state index in [-0.39, 0.29) is 12.0 Å². The molecule has 17 heavy (non-hydrogen) atoms. The second-order valence-electron chi connectivity index (χ2n) is 4.02. The van der Waals surface area contributed by atoms with Crippen LogP contribution < -0.4 is 5.32 Å². The van der Waals surface area contributed by atoms with Gasteiger partial charge < -0.3 is 10.1 Å². The minimum absolute atomic E-state index is 0.125. The summed E-state index contributed by atoms with van der Waals surface area (Å²) in [6, 6.07) is 10.5. The SMILES string of the molecule is CCOC(=O)CC(CCc1ccccc1)NC. The summed E-state index contributed by atoms with van der Waals surface area (Å²) in [5.74, 6) is -0.125. The average Bonchev–Trinajstić information content (AvgIpc) is 2.36. The van der Waals surface area contributed by atoms with Gasteiger partial charge in [-0.2, -0.15) is 0 Å². The number of nitrogens with one attached hydrogen (secondary N) is 1. The number of ether oxygens (including phenoxy) is 1. The number of hydrogen-bond acceptors (Lipinski definition) is 3. The number of carbonyl (C=O) groups excluding carboxylic acids is 1. The van der Waals surface area contributed by atoms with Gasteiger partial charge in [0.05, 0.1) is 13.0 Å². The highest BCUT2D eigenvalue weighted by Crippen LogP contribution is 2.07. The van der Waals surface area contributed by atoms with Gasteiger partial charge in [-0.25, -0.2) is 0 Å². The molecule has 0 aliphatic heterocycles. The Morgan fingerprint density at radius 3 is 2.65 bits per heavy atom. The zero-order chi connectivity index (χ0) is 12.5. The Morgan fingerprint density at radius 2 is 2.06 bits per heavy atom. The third kappa shape index (κ3) is 5.50. The first-order chi connectivity index (χ1) is 8.26. The first kappa shape index (κ1) is 13.7. The zero-order valence-corrected chi connectivity index (χ0v) is 10.6. The first-order valence-corrected chi connectivity index (χ1v) is 6.13. The standard InChI is InChI=1S/C14H21NO2/c1-3-17-14(16)11-13(15-2)10-9-12-7-5-4-6-8-12/h4-8,13,15H,3,9-11H2,1-2H3. The van der Waals surface area contributed by atoms with Crippen LogP contribution in [0.2, 0.25) is 0 Å². The third-order valence-corrected chi connectivity index (χ3v) is 2.75. The van der Waals surface area contributed by atoms with E-state index in [9.17, 15) is 4.79 Å². The van der Waals surface area contributed by atoms with Crippen molar-refractivity contribution in [2.24, 2.45) is 0 Å². The molecule has 1 atom stereocenters. The summed E-state index contributed by atoms with van der Waals surface area (Å²) < 4.78 is 4.95. The second-order valence-corrected chi connectivity index (χ2v) is 4.02. The number of rotatable bonds is 7. The molecule has 0 saturated heterocycles. The Bertz CT molecular complexity index is 324. The molecule has 0 heterocycles. The summed E-state index contributed by atoms with van der Waals surface area (Å²) in [5.41, 5.74) is 1.30. The van der Waals surface area contributed by atoms with Crippen LogP contribution in [0.4, 0.5) is 0 Å². The lowest BCUT2D eigenvalue weighted by Crippen LogP contribution is -2.29. The Hall–Kier alpha value is -1.35. The summed E-state index contributed by atoms with van der Waals surface area (Å²) in [7, 11) is 1.88. The average molecular weight is 235 g/mol. The lowest BCUT2D eigenvalue weighted by molar-refractivity contribution is -0.143. The van der Waals surface area contributed by atoms with Crippen LogP contribution in [-0.4, -0.2) is 25.7 Å². The lowest BCUT2D eigenvalue weighted by atomic mass is 10.0. The molecule has 0 saturated carbocycles. The van der Waals surface area contributed by atoms with Gasteiger partial charge in [0.1, 0.15) is 0 Å². The van der Waals surface area contributed by atoms with E-state index in [1.807, 2.05) is 32.2 Å². The van der Waals surface area contributed by atoms with E-state index in [0.717, 1.165) is 12.8 Å². The summed E-state index contributed by atoms with van der Waals surface area (Å²) >= 11 is 0. The monoisotopic (exact) mass is 235 g/mol. The number of esters is 1. The van der Waals surface area contributed by atoms with Gasteiger partial charge in [-0.3, -0.25) is 4.79 Å². The quantitative estimate of drug-likeness (QED) is 0.736. The molecule has 1 unspecified atom stereocenters. The Labute approximate surface area is 103 Å². The van der Waals surface area contributed by atoms with Crippen LogP contribution in [0.3, 0.4) is 0 Å². The van der Waals surface area contributed by atoms with E-state index >= 15 is 0 Å². The maximum atomic E-state index is 11.4. The zero-order valence-electron chi connectivity index (χ0n) is 10.6. The van der Waals surface area contributed by atoms with Crippen molar-refractivity contribution < 1.29 is 9.53 Å². The van der Waals surface area contributed by atoms with Crippen LogP contribution in [0.15, 0.2) is 30.3 Å². The number of aryl methyl sites for hydroxylation is 1. The Balaban J connectivity index is 2.34. The lowest BCUT2D eigenvalue weighted by Gasteiger charge is -2.15. The summed E-state index contributed by atoms with van der Waals surface area (Å²) in [6.07, 6.45) is 2.36. The van der Waals surface area contributed by atoms with Crippen molar-refractivity contribution in [3.05, 3.63) is 35.9 Å². The van der Waals surface area contributed by atoms with Crippen molar-refractivity contribution >= 4 is 5.97 Å². The van der Waals surface area contributed by atoms with Crippen LogP contribution in [0, 0.1) is 0 Å². The maximum Gasteiger partial charge on any atom is 0.307 e. The number of benzene rings is 1. The third-order valence-electron chi connectivity index (χ3n) is 2.75. The molecule has 0 aliphatic rings. The van der Waals surface area contributed by atoms with Crippen LogP contribution in [0.1, 0.15) is 25.3 Å². The molecular weight excluding hydrogens is 214 g/mol. The normalized spacial score (nSPS) is 12.1. The van der Waals surface area contributed by atoms with Gasteiger partial charge in [-0.15, -0.1) is 0 Å². The van der Waals surface area contributed by atoms with Crippen molar-refractivity contribution in [1.29, 1.82) is 0 Å². The van der Waals surface area contributed by atoms with Crippen molar-refractivity contribution in [1.82, 2.24) is 5.32 Å². The largest absolute Gasteiger partial charge is 0.466 e. The molecule has 0 radical (unpaired) electrons. The molecule has 1 aromatic rings. The van der Waals surface area contributed by atoms with Crippen molar-refractivity contribution in [2.75, 3.05) is 13.7 Å². The number of hydrogen-bond donors (Lipinski definition) is 1. The molecule has 1 aromatic carbocycles. The van der Waals surface area contributed by atoms with E-state index in [1.54, 1.807) is 0 Å². The van der Waals surface area contributed by atoms with Crippen molar-refractivity contribution in [3.8, 4) is 0 Å². The van der Waals surface area contributed by atoms with E-state index in [0.29, 0.717) is 13.0 Å². The minimum Gasteiger partial charge on any atom is -0.466 e. The van der Waals surface area contributed by atoms with Crippen LogP contribution >= 0.6 is 0 Å². The highest BCUT2D eigenvalue weighted by atomic mass is 16.5. The molecule has 0 spiro atoms. The van der Waals surface area contributed by atoms with Gasteiger partial charge in [-0.05, 0) is 32.4 Å². The van der Waals surface area contributed by atoms with Gasteiger partial charge in [0.25, 0.3) is 0 Å². The molecule has 0 aliphatic carbocycles.